The van der Waals surface area contributed by atoms with E-state index in [0.717, 1.165) is 38.5 Å². The number of hydrazine groups is 1. The molecule has 0 aliphatic carbocycles. The fraction of sp³-hybridized carbons (Fsp3) is 0.909. The minimum absolute atomic E-state index is 0.240. The molecule has 94 valence electrons. The Kier molecular flexibility index (Phi) is 5.55. The van der Waals surface area contributed by atoms with Crippen LogP contribution in [0.4, 0.5) is 0 Å². The largest absolute Gasteiger partial charge is 0.376 e. The van der Waals surface area contributed by atoms with Crippen LogP contribution in [0, 0.1) is 0 Å². The van der Waals surface area contributed by atoms with Gasteiger partial charge in [0.05, 0.1) is 6.10 Å². The van der Waals surface area contributed by atoms with Gasteiger partial charge in [-0.1, -0.05) is 0 Å². The maximum Gasteiger partial charge on any atom is 0.208 e. The van der Waals surface area contributed by atoms with Crippen molar-refractivity contribution in [3.63, 3.8) is 0 Å². The number of nitrogens with two attached hydrogens (primary N) is 1. The van der Waals surface area contributed by atoms with E-state index in [1.807, 2.05) is 13.8 Å². The lowest BCUT2D eigenvalue weighted by Crippen LogP contribution is -2.47. The van der Waals surface area contributed by atoms with Crippen molar-refractivity contribution >= 4 is 5.96 Å². The molecule has 16 heavy (non-hydrogen) atoms. The Hall–Kier alpha value is -0.810. The summed E-state index contributed by atoms with van der Waals surface area (Å²) in [5.41, 5.74) is 2.68. The highest BCUT2D eigenvalue weighted by atomic mass is 16.5. The fourth-order valence-corrected chi connectivity index (χ4v) is 1.85. The molecule has 1 atom stereocenters. The van der Waals surface area contributed by atoms with Crippen LogP contribution in [0.2, 0.25) is 0 Å². The SMILES string of the molecule is CCN(CC1CCCO1)C(=NC(C)C)NN. The van der Waals surface area contributed by atoms with E-state index in [2.05, 4.69) is 22.2 Å². The van der Waals surface area contributed by atoms with Gasteiger partial charge < -0.3 is 9.64 Å². The lowest BCUT2D eigenvalue weighted by molar-refractivity contribution is 0.0914. The molecule has 1 rings (SSSR count). The summed E-state index contributed by atoms with van der Waals surface area (Å²) in [6.07, 6.45) is 2.62. The zero-order valence-corrected chi connectivity index (χ0v) is 10.6. The molecule has 3 N–H and O–H groups in total. The number of ether oxygens (including phenoxy) is 1. The van der Waals surface area contributed by atoms with Crippen LogP contribution in [0.25, 0.3) is 0 Å². The smallest absolute Gasteiger partial charge is 0.208 e. The normalized spacial score (nSPS) is 21.6. The van der Waals surface area contributed by atoms with Crippen molar-refractivity contribution in [1.29, 1.82) is 0 Å². The molecule has 1 aliphatic rings. The summed E-state index contributed by atoms with van der Waals surface area (Å²) in [5.74, 6) is 6.27. The molecule has 0 aromatic carbocycles. The summed E-state index contributed by atoms with van der Waals surface area (Å²) in [5, 5.41) is 0. The topological polar surface area (TPSA) is 62.9 Å². The number of guanidine groups is 1. The van der Waals surface area contributed by atoms with Gasteiger partial charge in [0.15, 0.2) is 0 Å². The third-order valence-electron chi connectivity index (χ3n) is 2.64. The average Bonchev–Trinajstić information content (AvgIpc) is 2.75. The van der Waals surface area contributed by atoms with Crippen LogP contribution in [0.1, 0.15) is 33.6 Å². The fourth-order valence-electron chi connectivity index (χ4n) is 1.85. The van der Waals surface area contributed by atoms with Gasteiger partial charge in [-0.2, -0.15) is 0 Å². The van der Waals surface area contributed by atoms with Gasteiger partial charge in [0.25, 0.3) is 0 Å². The van der Waals surface area contributed by atoms with Crippen LogP contribution in [0.5, 0.6) is 0 Å². The molecule has 5 heteroatoms. The molecule has 0 bridgehead atoms. The highest BCUT2D eigenvalue weighted by molar-refractivity contribution is 5.79. The Balaban J connectivity index is 2.56. The Morgan fingerprint density at radius 2 is 2.38 bits per heavy atom. The van der Waals surface area contributed by atoms with E-state index in [1.165, 1.54) is 0 Å². The summed E-state index contributed by atoms with van der Waals surface area (Å²) in [6.45, 7) is 8.81. The molecule has 0 aromatic rings. The van der Waals surface area contributed by atoms with Gasteiger partial charge in [-0.25, -0.2) is 10.8 Å². The second-order valence-electron chi connectivity index (χ2n) is 4.36. The van der Waals surface area contributed by atoms with E-state index < -0.39 is 0 Å². The lowest BCUT2D eigenvalue weighted by Gasteiger charge is -2.27. The molecular formula is C11H24N4O. The molecule has 0 radical (unpaired) electrons. The number of likely N-dealkylation sites (N-methyl/N-ethyl adjacent to an activating group) is 1. The third kappa shape index (κ3) is 3.98. The van der Waals surface area contributed by atoms with E-state index in [4.69, 9.17) is 10.6 Å². The molecular weight excluding hydrogens is 204 g/mol. The van der Waals surface area contributed by atoms with Gasteiger partial charge in [0, 0.05) is 25.7 Å². The van der Waals surface area contributed by atoms with Crippen molar-refractivity contribution in [2.75, 3.05) is 19.7 Å². The van der Waals surface area contributed by atoms with E-state index in [9.17, 15) is 0 Å². The molecule has 1 unspecified atom stereocenters. The minimum Gasteiger partial charge on any atom is -0.376 e. The predicted octanol–water partition coefficient (Wildman–Crippen LogP) is 0.715. The van der Waals surface area contributed by atoms with E-state index in [1.54, 1.807) is 0 Å². The number of rotatable bonds is 4. The van der Waals surface area contributed by atoms with Crippen molar-refractivity contribution in [3.8, 4) is 0 Å². The predicted molar refractivity (Wildman–Crippen MR) is 66.1 cm³/mol. The zero-order chi connectivity index (χ0) is 12.0. The van der Waals surface area contributed by atoms with Crippen LogP contribution in [0.3, 0.4) is 0 Å². The quantitative estimate of drug-likeness (QED) is 0.322. The number of nitrogens with one attached hydrogen (secondary N) is 1. The first kappa shape index (κ1) is 13.3. The molecule has 5 nitrogen and oxygen atoms in total. The van der Waals surface area contributed by atoms with Crippen LogP contribution < -0.4 is 11.3 Å². The van der Waals surface area contributed by atoms with E-state index in [-0.39, 0.29) is 6.04 Å². The number of hydrogen-bond acceptors (Lipinski definition) is 3. The molecule has 0 spiro atoms. The number of hydrogen-bond donors (Lipinski definition) is 2. The second-order valence-corrected chi connectivity index (χ2v) is 4.36. The van der Waals surface area contributed by atoms with Gasteiger partial charge in [-0.3, -0.25) is 5.43 Å². The first-order valence-electron chi connectivity index (χ1n) is 6.08. The van der Waals surface area contributed by atoms with Gasteiger partial charge in [0.1, 0.15) is 0 Å². The molecule has 0 aromatic heterocycles. The highest BCUT2D eigenvalue weighted by Gasteiger charge is 2.20. The number of aliphatic imine (C=N–C) groups is 1. The van der Waals surface area contributed by atoms with Crippen molar-refractivity contribution in [2.24, 2.45) is 10.8 Å². The third-order valence-corrected chi connectivity index (χ3v) is 2.64. The Bertz CT molecular complexity index is 224. The highest BCUT2D eigenvalue weighted by Crippen LogP contribution is 2.13. The van der Waals surface area contributed by atoms with E-state index >= 15 is 0 Å². The Morgan fingerprint density at radius 3 is 2.81 bits per heavy atom. The average molecular weight is 228 g/mol. The summed E-state index contributed by atoms with van der Waals surface area (Å²) in [6, 6.07) is 0.240. The molecule has 1 aliphatic heterocycles. The van der Waals surface area contributed by atoms with Crippen molar-refractivity contribution in [2.45, 2.75) is 45.8 Å². The van der Waals surface area contributed by atoms with Gasteiger partial charge in [-0.15, -0.1) is 0 Å². The van der Waals surface area contributed by atoms with Crippen molar-refractivity contribution < 1.29 is 4.74 Å². The summed E-state index contributed by atoms with van der Waals surface area (Å²) >= 11 is 0. The van der Waals surface area contributed by atoms with Gasteiger partial charge in [0.2, 0.25) is 5.96 Å². The Morgan fingerprint density at radius 1 is 1.62 bits per heavy atom. The molecule has 1 saturated heterocycles. The van der Waals surface area contributed by atoms with E-state index in [0.29, 0.717) is 6.10 Å². The van der Waals surface area contributed by atoms with Crippen LogP contribution in [-0.2, 0) is 4.74 Å². The van der Waals surface area contributed by atoms with Crippen LogP contribution in [-0.4, -0.2) is 42.7 Å². The lowest BCUT2D eigenvalue weighted by atomic mass is 10.2. The molecule has 0 saturated carbocycles. The molecule has 0 amide bonds. The molecule has 1 fully saturated rings. The summed E-state index contributed by atoms with van der Waals surface area (Å²) < 4.78 is 5.62. The number of nitrogens with zero attached hydrogens (tertiary/aromatic N) is 2. The maximum atomic E-state index is 5.62. The summed E-state index contributed by atoms with van der Waals surface area (Å²) in [4.78, 5) is 6.59. The van der Waals surface area contributed by atoms with Crippen LogP contribution in [0.15, 0.2) is 4.99 Å². The summed E-state index contributed by atoms with van der Waals surface area (Å²) in [7, 11) is 0. The van der Waals surface area contributed by atoms with Gasteiger partial charge >= 0.3 is 0 Å². The minimum atomic E-state index is 0.240. The standard InChI is InChI=1S/C11H24N4O/c1-4-15(8-10-6-5-7-16-10)11(14-12)13-9(2)3/h9-10H,4-8,12H2,1-3H3,(H,13,14). The first-order chi connectivity index (χ1) is 7.67. The monoisotopic (exact) mass is 228 g/mol. The van der Waals surface area contributed by atoms with Crippen molar-refractivity contribution in [1.82, 2.24) is 10.3 Å². The van der Waals surface area contributed by atoms with Crippen molar-refractivity contribution in [3.05, 3.63) is 0 Å². The van der Waals surface area contributed by atoms with Gasteiger partial charge in [-0.05, 0) is 33.6 Å². The Labute approximate surface area is 98.0 Å². The molecule has 1 heterocycles. The second kappa shape index (κ2) is 6.70. The maximum absolute atomic E-state index is 5.62. The first-order valence-corrected chi connectivity index (χ1v) is 6.08. The van der Waals surface area contributed by atoms with Crippen LogP contribution >= 0.6 is 0 Å². The zero-order valence-electron chi connectivity index (χ0n) is 10.6.